The lowest BCUT2D eigenvalue weighted by atomic mass is 10.2. The van der Waals surface area contributed by atoms with E-state index < -0.39 is 10.5 Å². The zero-order valence-corrected chi connectivity index (χ0v) is 8.24. The smallest absolute Gasteiger partial charge is 0.330 e. The molecule has 3 N–H and O–H groups in total. The van der Waals surface area contributed by atoms with Gasteiger partial charge in [0.1, 0.15) is 0 Å². The van der Waals surface area contributed by atoms with E-state index in [1.54, 1.807) is 0 Å². The second-order valence-corrected chi connectivity index (χ2v) is 3.26. The van der Waals surface area contributed by atoms with Crippen molar-refractivity contribution in [1.29, 1.82) is 0 Å². The molecule has 80 valence electrons. The molecular formula is C8H12FNO3S. The molecule has 0 fully saturated rings. The van der Waals surface area contributed by atoms with Crippen LogP contribution < -0.4 is 5.73 Å². The van der Waals surface area contributed by atoms with E-state index in [0.717, 1.165) is 13.0 Å². The van der Waals surface area contributed by atoms with E-state index in [0.29, 0.717) is 0 Å². The van der Waals surface area contributed by atoms with Crippen molar-refractivity contribution in [1.82, 2.24) is 0 Å². The molecular weight excluding hydrogens is 209 g/mol. The van der Waals surface area contributed by atoms with Gasteiger partial charge in [-0.25, -0.2) is 0 Å². The Bertz CT molecular complexity index is 331. The van der Waals surface area contributed by atoms with E-state index in [4.69, 9.17) is 18.7 Å². The molecule has 0 unspecified atom stereocenters. The van der Waals surface area contributed by atoms with Gasteiger partial charge in [-0.3, -0.25) is 4.55 Å². The zero-order valence-electron chi connectivity index (χ0n) is 7.43. The molecule has 0 saturated carbocycles. The Labute approximate surface area is 82.6 Å². The van der Waals surface area contributed by atoms with Gasteiger partial charge in [-0.1, -0.05) is 34.2 Å². The number of benzene rings is 1. The van der Waals surface area contributed by atoms with Gasteiger partial charge in [-0.15, -0.1) is 0 Å². The summed E-state index contributed by atoms with van der Waals surface area (Å²) in [5, 5.41) is 0. The molecule has 1 aromatic rings. The fourth-order valence-electron chi connectivity index (χ4n) is 0.811. The molecule has 0 aliphatic rings. The summed E-state index contributed by atoms with van der Waals surface area (Å²) >= 11 is 0. The largest absolute Gasteiger partial charge is 0.435 e. The van der Waals surface area contributed by atoms with Gasteiger partial charge in [-0.2, -0.15) is 8.42 Å². The topological polar surface area (TPSA) is 80.4 Å². The minimum absolute atomic E-state index is 0.740. The van der Waals surface area contributed by atoms with Crippen LogP contribution in [0, 0.1) is 0 Å². The van der Waals surface area contributed by atoms with Crippen molar-refractivity contribution in [3.05, 3.63) is 35.9 Å². The van der Waals surface area contributed by atoms with E-state index >= 15 is 0 Å². The molecule has 0 spiro atoms. The monoisotopic (exact) mass is 221 g/mol. The predicted octanol–water partition coefficient (Wildman–Crippen LogP) is 0.947. The van der Waals surface area contributed by atoms with Crippen LogP contribution in [0.4, 0.5) is 3.89 Å². The molecule has 0 aliphatic carbocycles. The van der Waals surface area contributed by atoms with Gasteiger partial charge in [0.25, 0.3) is 0 Å². The Morgan fingerprint density at radius 2 is 1.71 bits per heavy atom. The lowest BCUT2D eigenvalue weighted by Crippen LogP contribution is -2.01. The van der Waals surface area contributed by atoms with Gasteiger partial charge >= 0.3 is 10.5 Å². The van der Waals surface area contributed by atoms with Gasteiger partial charge < -0.3 is 5.73 Å². The Hall–Kier alpha value is -0.980. The molecule has 0 aliphatic heterocycles. The molecule has 0 atom stereocenters. The number of hydrogen-bond donors (Lipinski definition) is 2. The first-order valence-corrected chi connectivity index (χ1v) is 5.18. The number of nitrogens with two attached hydrogens (primary N) is 1. The van der Waals surface area contributed by atoms with Gasteiger partial charge in [0.2, 0.25) is 0 Å². The van der Waals surface area contributed by atoms with Crippen LogP contribution in [0.25, 0.3) is 0 Å². The Kier molecular flexibility index (Phi) is 6.02. The fraction of sp³-hybridized carbons (Fsp3) is 0.250. The van der Waals surface area contributed by atoms with Crippen LogP contribution in [-0.4, -0.2) is 19.5 Å². The highest BCUT2D eigenvalue weighted by molar-refractivity contribution is 7.80. The summed E-state index contributed by atoms with van der Waals surface area (Å²) < 4.78 is 34.1. The van der Waals surface area contributed by atoms with Crippen molar-refractivity contribution in [3.8, 4) is 0 Å². The highest BCUT2D eigenvalue weighted by atomic mass is 32.3. The summed E-state index contributed by atoms with van der Waals surface area (Å²) in [5.41, 5.74) is 6.68. The third kappa shape index (κ3) is 11.0. The van der Waals surface area contributed by atoms with Crippen LogP contribution in [0.5, 0.6) is 0 Å². The summed E-state index contributed by atoms with van der Waals surface area (Å²) in [6.45, 7) is 0.740. The van der Waals surface area contributed by atoms with Gasteiger partial charge in [-0.05, 0) is 18.5 Å². The third-order valence-electron chi connectivity index (χ3n) is 1.28. The van der Waals surface area contributed by atoms with Crippen LogP contribution >= 0.6 is 0 Å². The van der Waals surface area contributed by atoms with E-state index in [2.05, 4.69) is 12.1 Å². The zero-order chi connectivity index (χ0) is 11.0. The first-order chi connectivity index (χ1) is 6.43. The van der Waals surface area contributed by atoms with Crippen LogP contribution in [-0.2, 0) is 16.9 Å². The summed E-state index contributed by atoms with van der Waals surface area (Å²) in [7, 11) is -5.17. The molecule has 6 heteroatoms. The first kappa shape index (κ1) is 13.0. The number of rotatable bonds is 2. The van der Waals surface area contributed by atoms with Crippen molar-refractivity contribution < 1.29 is 16.9 Å². The molecule has 0 saturated heterocycles. The van der Waals surface area contributed by atoms with Crippen LogP contribution in [0.1, 0.15) is 5.56 Å². The minimum Gasteiger partial charge on any atom is -0.330 e. The van der Waals surface area contributed by atoms with Gasteiger partial charge in [0, 0.05) is 0 Å². The van der Waals surface area contributed by atoms with Crippen LogP contribution in [0.15, 0.2) is 30.3 Å². The first-order valence-electron chi connectivity index (χ1n) is 3.84. The van der Waals surface area contributed by atoms with Gasteiger partial charge in [0.15, 0.2) is 0 Å². The second-order valence-electron chi connectivity index (χ2n) is 2.44. The van der Waals surface area contributed by atoms with Crippen LogP contribution in [0.3, 0.4) is 0 Å². The molecule has 1 rings (SSSR count). The van der Waals surface area contributed by atoms with Crippen LogP contribution in [0.2, 0.25) is 0 Å². The Balaban J connectivity index is 0.000000292. The number of halogens is 1. The highest BCUT2D eigenvalue weighted by Gasteiger charge is 1.89. The average molecular weight is 221 g/mol. The van der Waals surface area contributed by atoms with E-state index in [-0.39, 0.29) is 0 Å². The fourth-order valence-corrected chi connectivity index (χ4v) is 0.811. The summed E-state index contributed by atoms with van der Waals surface area (Å²) in [4.78, 5) is 0. The number of hydrogen-bond acceptors (Lipinski definition) is 3. The average Bonchev–Trinajstić information content (AvgIpc) is 2.03. The summed E-state index contributed by atoms with van der Waals surface area (Å²) in [5.74, 6) is 0. The quantitative estimate of drug-likeness (QED) is 0.575. The molecule has 1 aromatic carbocycles. The Morgan fingerprint density at radius 3 is 2.07 bits per heavy atom. The van der Waals surface area contributed by atoms with Crippen molar-refractivity contribution in [3.63, 3.8) is 0 Å². The lowest BCUT2D eigenvalue weighted by Gasteiger charge is -1.93. The Morgan fingerprint density at radius 1 is 1.29 bits per heavy atom. The summed E-state index contributed by atoms with van der Waals surface area (Å²) in [6, 6.07) is 10.3. The third-order valence-corrected chi connectivity index (χ3v) is 1.28. The second kappa shape index (κ2) is 6.47. The molecule has 0 amide bonds. The normalized spacial score (nSPS) is 10.2. The highest BCUT2D eigenvalue weighted by Crippen LogP contribution is 1.96. The summed E-state index contributed by atoms with van der Waals surface area (Å²) in [6.07, 6.45) is 0.987. The minimum atomic E-state index is -5.17. The SMILES string of the molecule is NCCc1ccccc1.O=S(=O)(O)F. The molecule has 14 heavy (non-hydrogen) atoms. The standard InChI is InChI=1S/C8H11N.FHO3S/c9-7-6-8-4-2-1-3-5-8;1-5(2,3)4/h1-5H,6-7,9H2;(H,2,3,4). The van der Waals surface area contributed by atoms with E-state index in [1.807, 2.05) is 18.2 Å². The van der Waals surface area contributed by atoms with Crippen molar-refractivity contribution in [2.75, 3.05) is 6.54 Å². The maximum absolute atomic E-state index is 10.2. The molecule has 0 bridgehead atoms. The molecule has 0 radical (unpaired) electrons. The van der Waals surface area contributed by atoms with Crippen molar-refractivity contribution in [2.24, 2.45) is 5.73 Å². The predicted molar refractivity (Wildman–Crippen MR) is 51.9 cm³/mol. The van der Waals surface area contributed by atoms with Crippen molar-refractivity contribution >= 4 is 10.5 Å². The van der Waals surface area contributed by atoms with E-state index in [9.17, 15) is 3.89 Å². The van der Waals surface area contributed by atoms with E-state index in [1.165, 1.54) is 5.56 Å². The maximum atomic E-state index is 10.2. The molecule has 0 heterocycles. The molecule has 0 aromatic heterocycles. The van der Waals surface area contributed by atoms with Crippen molar-refractivity contribution in [2.45, 2.75) is 6.42 Å². The molecule has 4 nitrogen and oxygen atoms in total. The van der Waals surface area contributed by atoms with Gasteiger partial charge in [0.05, 0.1) is 0 Å². The maximum Gasteiger partial charge on any atom is 0.435 e. The lowest BCUT2D eigenvalue weighted by molar-refractivity contribution is 0.435.